The van der Waals surface area contributed by atoms with Gasteiger partial charge in [0.05, 0.1) is 12.6 Å². The number of esters is 1. The van der Waals surface area contributed by atoms with Gasteiger partial charge in [-0.25, -0.2) is 4.79 Å². The van der Waals surface area contributed by atoms with Crippen LogP contribution in [-0.4, -0.2) is 70.5 Å². The second-order valence-electron chi connectivity index (χ2n) is 15.1. The Morgan fingerprint density at radius 1 is 0.964 bits per heavy atom. The van der Waals surface area contributed by atoms with Gasteiger partial charge in [0.1, 0.15) is 6.04 Å². The van der Waals surface area contributed by atoms with E-state index in [2.05, 4.69) is 57.0 Å². The van der Waals surface area contributed by atoms with E-state index in [0.29, 0.717) is 35.4 Å². The minimum Gasteiger partial charge on any atom is -0.467 e. The smallest absolute Gasteiger partial charge is 0.422 e. The van der Waals surface area contributed by atoms with Crippen LogP contribution in [0.4, 0.5) is 30.8 Å². The van der Waals surface area contributed by atoms with Crippen molar-refractivity contribution in [1.82, 2.24) is 25.6 Å². The van der Waals surface area contributed by atoms with Crippen molar-refractivity contribution >= 4 is 52.8 Å². The van der Waals surface area contributed by atoms with Crippen molar-refractivity contribution in [2.45, 2.75) is 83.1 Å². The maximum atomic E-state index is 13.2. The van der Waals surface area contributed by atoms with E-state index in [9.17, 15) is 32.3 Å². The summed E-state index contributed by atoms with van der Waals surface area (Å²) in [5.41, 5.74) is 1.08. The molecule has 0 radical (unpaired) electrons. The number of rotatable bonds is 15. The highest BCUT2D eigenvalue weighted by Crippen LogP contribution is 2.61. The number of ketones is 1. The highest BCUT2D eigenvalue weighted by molar-refractivity contribution is 6.36. The molecule has 5 atom stereocenters. The van der Waals surface area contributed by atoms with Crippen molar-refractivity contribution in [1.29, 1.82) is 0 Å². The van der Waals surface area contributed by atoms with E-state index in [1.807, 2.05) is 12.1 Å². The Labute approximate surface area is 320 Å². The molecule has 2 bridgehead atoms. The van der Waals surface area contributed by atoms with E-state index in [4.69, 9.17) is 21.1 Å². The van der Waals surface area contributed by atoms with E-state index in [1.165, 1.54) is 24.3 Å². The zero-order valence-electron chi connectivity index (χ0n) is 30.8. The summed E-state index contributed by atoms with van der Waals surface area (Å²) in [6.07, 6.45) is -1.70. The van der Waals surface area contributed by atoms with Crippen LogP contribution in [0, 0.1) is 23.2 Å². The summed E-state index contributed by atoms with van der Waals surface area (Å²) in [6, 6.07) is 11.2. The van der Waals surface area contributed by atoms with Crippen LogP contribution in [0.3, 0.4) is 0 Å². The fraction of sp³-hybridized carbons (Fsp3) is 0.500. The molecule has 13 nitrogen and oxygen atoms in total. The molecule has 0 spiro atoms. The number of carbonyl (C=O) groups excluding carboxylic acids is 4. The van der Waals surface area contributed by atoms with Gasteiger partial charge in [0, 0.05) is 28.7 Å². The number of fused-ring (bicyclic) bond motifs is 2. The van der Waals surface area contributed by atoms with Crippen molar-refractivity contribution in [3.63, 3.8) is 0 Å². The Balaban J connectivity index is 1.07. The van der Waals surface area contributed by atoms with E-state index >= 15 is 0 Å². The zero-order valence-corrected chi connectivity index (χ0v) is 31.5. The number of carbonyl (C=O) groups is 4. The molecular weight excluding hydrogens is 743 g/mol. The van der Waals surface area contributed by atoms with Gasteiger partial charge < -0.3 is 30.7 Å². The summed E-state index contributed by atoms with van der Waals surface area (Å²) < 4.78 is 48.6. The fourth-order valence-corrected chi connectivity index (χ4v) is 7.84. The summed E-state index contributed by atoms with van der Waals surface area (Å²) in [6.45, 7) is 4.98. The Morgan fingerprint density at radius 3 is 2.24 bits per heavy atom. The van der Waals surface area contributed by atoms with E-state index in [-0.39, 0.29) is 47.7 Å². The Morgan fingerprint density at radius 2 is 1.64 bits per heavy atom. The number of nitrogens with one attached hydrogen (secondary N) is 4. The number of hydrogen-bond donors (Lipinski definition) is 4. The lowest BCUT2D eigenvalue weighted by Gasteiger charge is -2.62. The molecule has 4 aliphatic carbocycles. The molecule has 0 unspecified atom stereocenters. The number of benzene rings is 2. The van der Waals surface area contributed by atoms with Crippen LogP contribution < -0.4 is 26.0 Å². The second-order valence-corrected chi connectivity index (χ2v) is 15.6. The largest absolute Gasteiger partial charge is 0.467 e. The first-order chi connectivity index (χ1) is 26.0. The molecular formula is C38H43ClF3N7O6. The number of nitrogens with zero attached hydrogens (tertiary/aromatic N) is 3. The topological polar surface area (TPSA) is 174 Å². The van der Waals surface area contributed by atoms with Gasteiger partial charge in [-0.15, -0.1) is 0 Å². The molecule has 4 N–H and O–H groups in total. The summed E-state index contributed by atoms with van der Waals surface area (Å²) in [7, 11) is 1.15. The molecule has 4 fully saturated rings. The number of anilines is 3. The van der Waals surface area contributed by atoms with Crippen molar-refractivity contribution in [2.75, 3.05) is 24.4 Å². The van der Waals surface area contributed by atoms with Crippen LogP contribution in [0.2, 0.25) is 5.02 Å². The number of Topliss-reactive ketones (excluding diaryl/α,β-unsaturated/α-hetero) is 1. The molecule has 2 aromatic carbocycles. The van der Waals surface area contributed by atoms with E-state index in [1.54, 1.807) is 12.1 Å². The second kappa shape index (κ2) is 15.6. The molecule has 4 saturated carbocycles. The number of ether oxygens (including phenoxy) is 2. The summed E-state index contributed by atoms with van der Waals surface area (Å²) in [5.74, 6) is -1.76. The number of amides is 2. The van der Waals surface area contributed by atoms with E-state index < -0.39 is 53.9 Å². The predicted octanol–water partition coefficient (Wildman–Crippen LogP) is 6.12. The number of aromatic nitrogens is 3. The van der Waals surface area contributed by atoms with Crippen LogP contribution in [0.1, 0.15) is 75.2 Å². The molecule has 0 aliphatic heterocycles. The maximum Gasteiger partial charge on any atom is 0.422 e. The van der Waals surface area contributed by atoms with Gasteiger partial charge in [0.15, 0.2) is 6.61 Å². The molecule has 4 aliphatic rings. The highest BCUT2D eigenvalue weighted by atomic mass is 35.5. The summed E-state index contributed by atoms with van der Waals surface area (Å²) in [5, 5.41) is 12.1. The van der Waals surface area contributed by atoms with Gasteiger partial charge in [0.2, 0.25) is 17.7 Å². The minimum atomic E-state index is -4.63. The number of methoxy groups -OCH3 is 1. The minimum absolute atomic E-state index is 0.0213. The lowest BCUT2D eigenvalue weighted by molar-refractivity contribution is -0.154. The van der Waals surface area contributed by atoms with E-state index in [0.717, 1.165) is 25.5 Å². The molecule has 1 aromatic heterocycles. The summed E-state index contributed by atoms with van der Waals surface area (Å²) >= 11 is 6.04. The molecule has 3 aromatic rings. The number of halogens is 4. The van der Waals surface area contributed by atoms with Gasteiger partial charge in [-0.1, -0.05) is 44.5 Å². The summed E-state index contributed by atoms with van der Waals surface area (Å²) in [4.78, 5) is 63.7. The molecule has 17 heteroatoms. The number of alkyl halides is 3. The third-order valence-corrected chi connectivity index (χ3v) is 11.5. The monoisotopic (exact) mass is 785 g/mol. The SMILES string of the molecule is COC(=O)[C@H](CCC(=O)C(=O)N[C@@H]1C[C@H]2C[C@@H]([C@H]1C)C2(C)C)NC(=O)c1ccc(Nc2nc(NC3(c4ccc(Cl)cc4)CC3)nc(OCC(F)(F)F)n2)cc1. The van der Waals surface area contributed by atoms with Crippen molar-refractivity contribution in [2.24, 2.45) is 23.2 Å². The van der Waals surface area contributed by atoms with Gasteiger partial charge >= 0.3 is 18.2 Å². The van der Waals surface area contributed by atoms with Crippen molar-refractivity contribution in [3.05, 3.63) is 64.7 Å². The first-order valence-electron chi connectivity index (χ1n) is 18.1. The predicted molar refractivity (Wildman–Crippen MR) is 196 cm³/mol. The molecule has 2 amide bonds. The standard InChI is InChI=1S/C38H43ClF3N7O6/c1-20-26-17-23(36(26,2)3)18-28(20)45-31(52)29(50)14-13-27(32(53)54-4)44-30(51)21-5-11-25(12-6-21)43-33-46-34(48-35(47-33)55-19-38(40,41)42)49-37(15-16-37)22-7-9-24(39)10-8-22/h5-12,20,23,26-28H,13-19H2,1-4H3,(H,44,51)(H,45,52)(H2,43,46,47,48,49)/t20-,23-,26+,27+,28-/m1/s1. The third-order valence-electron chi connectivity index (χ3n) is 11.3. The first-order valence-corrected chi connectivity index (χ1v) is 18.4. The Kier molecular flexibility index (Phi) is 11.3. The normalized spacial score (nSPS) is 22.3. The van der Waals surface area contributed by atoms with Gasteiger partial charge in [-0.3, -0.25) is 14.4 Å². The lowest BCUT2D eigenvalue weighted by Crippen LogP contribution is -2.61. The highest BCUT2D eigenvalue weighted by Gasteiger charge is 2.56. The molecule has 0 saturated heterocycles. The van der Waals surface area contributed by atoms with Crippen LogP contribution in [0.25, 0.3) is 0 Å². The molecule has 7 rings (SSSR count). The number of hydrogen-bond acceptors (Lipinski definition) is 11. The average Bonchev–Trinajstić information content (AvgIpc) is 3.92. The maximum absolute atomic E-state index is 13.2. The Bertz CT molecular complexity index is 1920. The van der Waals surface area contributed by atoms with Gasteiger partial charge in [0.25, 0.3) is 11.8 Å². The molecule has 55 heavy (non-hydrogen) atoms. The lowest BCUT2D eigenvalue weighted by atomic mass is 9.45. The van der Waals surface area contributed by atoms with Crippen LogP contribution in [-0.2, 0) is 24.7 Å². The van der Waals surface area contributed by atoms with Gasteiger partial charge in [-0.05, 0) is 97.2 Å². The van der Waals surface area contributed by atoms with Gasteiger partial charge in [-0.2, -0.15) is 28.1 Å². The molecule has 294 valence electrons. The van der Waals surface area contributed by atoms with Crippen molar-refractivity contribution < 1.29 is 41.8 Å². The van der Waals surface area contributed by atoms with Crippen molar-refractivity contribution in [3.8, 4) is 6.01 Å². The van der Waals surface area contributed by atoms with Crippen LogP contribution >= 0.6 is 11.6 Å². The van der Waals surface area contributed by atoms with Crippen LogP contribution in [0.15, 0.2) is 48.5 Å². The Hall–Kier alpha value is -4.99. The van der Waals surface area contributed by atoms with Crippen LogP contribution in [0.5, 0.6) is 6.01 Å². The zero-order chi connectivity index (χ0) is 39.7. The molecule has 1 heterocycles. The average molecular weight is 786 g/mol. The first kappa shape index (κ1) is 39.7. The fourth-order valence-electron chi connectivity index (χ4n) is 7.72. The quantitative estimate of drug-likeness (QED) is 0.103. The third kappa shape index (κ3) is 9.28.